The first-order valence-electron chi connectivity index (χ1n) is 6.24. The molecule has 1 aromatic heterocycles. The van der Waals surface area contributed by atoms with Crippen LogP contribution in [0.3, 0.4) is 0 Å². The maximum absolute atomic E-state index is 5.79. The molecule has 0 bridgehead atoms. The third-order valence-corrected chi connectivity index (χ3v) is 4.60. The molecule has 16 heavy (non-hydrogen) atoms. The van der Waals surface area contributed by atoms with Crippen LogP contribution in [0.5, 0.6) is 0 Å². The van der Waals surface area contributed by atoms with Crippen LogP contribution in [0.15, 0.2) is 6.20 Å². The maximum Gasteiger partial charge on any atom is 0.110 e. The topological polar surface area (TPSA) is 34.2 Å². The van der Waals surface area contributed by atoms with Gasteiger partial charge in [-0.05, 0) is 38.6 Å². The molecule has 2 unspecified atom stereocenters. The first-order valence-corrected chi connectivity index (χ1v) is 7.06. The van der Waals surface area contributed by atoms with Gasteiger partial charge in [-0.15, -0.1) is 11.3 Å². The standard InChI is InChI=1S/C12H18N2OS/c1-2-7-15-10(5-1)11-8-14-12(16-11)9-4-3-6-13-9/h8-10,13H,1-7H2. The van der Waals surface area contributed by atoms with E-state index in [0.29, 0.717) is 12.1 Å². The minimum Gasteiger partial charge on any atom is -0.373 e. The minimum absolute atomic E-state index is 0.321. The van der Waals surface area contributed by atoms with E-state index < -0.39 is 0 Å². The molecule has 2 fully saturated rings. The van der Waals surface area contributed by atoms with E-state index in [2.05, 4.69) is 10.3 Å². The van der Waals surface area contributed by atoms with Gasteiger partial charge in [0.1, 0.15) is 5.01 Å². The van der Waals surface area contributed by atoms with Crippen LogP contribution in [-0.4, -0.2) is 18.1 Å². The van der Waals surface area contributed by atoms with E-state index in [1.54, 1.807) is 0 Å². The first-order chi connectivity index (χ1) is 7.93. The summed E-state index contributed by atoms with van der Waals surface area (Å²) in [6, 6.07) is 0.502. The lowest BCUT2D eigenvalue weighted by molar-refractivity contribution is 0.0171. The molecule has 0 saturated carbocycles. The monoisotopic (exact) mass is 238 g/mol. The molecule has 1 aromatic rings. The largest absolute Gasteiger partial charge is 0.373 e. The SMILES string of the molecule is c1nc(C2CCCN2)sc1C1CCCCO1. The second-order valence-corrected chi connectivity index (χ2v) is 5.70. The average Bonchev–Trinajstić information content (AvgIpc) is 3.01. The molecule has 3 nitrogen and oxygen atoms in total. The van der Waals surface area contributed by atoms with Crippen molar-refractivity contribution >= 4 is 11.3 Å². The molecule has 2 saturated heterocycles. The van der Waals surface area contributed by atoms with Crippen molar-refractivity contribution in [2.75, 3.05) is 13.2 Å². The molecule has 88 valence electrons. The van der Waals surface area contributed by atoms with Crippen LogP contribution in [0.25, 0.3) is 0 Å². The Kier molecular flexibility index (Phi) is 3.22. The lowest BCUT2D eigenvalue weighted by atomic mass is 10.1. The molecule has 1 N–H and O–H groups in total. The summed E-state index contributed by atoms with van der Waals surface area (Å²) in [4.78, 5) is 5.87. The Hall–Kier alpha value is -0.450. The van der Waals surface area contributed by atoms with Gasteiger partial charge in [0.25, 0.3) is 0 Å². The number of thiazole rings is 1. The van der Waals surface area contributed by atoms with Gasteiger partial charge < -0.3 is 10.1 Å². The predicted molar refractivity (Wildman–Crippen MR) is 64.6 cm³/mol. The van der Waals surface area contributed by atoms with E-state index in [4.69, 9.17) is 4.74 Å². The summed E-state index contributed by atoms with van der Waals surface area (Å²) in [7, 11) is 0. The summed E-state index contributed by atoms with van der Waals surface area (Å²) < 4.78 is 5.79. The fourth-order valence-electron chi connectivity index (χ4n) is 2.47. The molecule has 4 heteroatoms. The molecule has 2 aliphatic heterocycles. The van der Waals surface area contributed by atoms with Gasteiger partial charge in [0, 0.05) is 12.8 Å². The van der Waals surface area contributed by atoms with Gasteiger partial charge in [-0.1, -0.05) is 0 Å². The summed E-state index contributed by atoms with van der Waals surface area (Å²) in [5.74, 6) is 0. The molecular formula is C12H18N2OS. The summed E-state index contributed by atoms with van der Waals surface area (Å²) in [5, 5.41) is 4.75. The van der Waals surface area contributed by atoms with Crippen LogP contribution in [-0.2, 0) is 4.74 Å². The molecule has 2 atom stereocenters. The summed E-state index contributed by atoms with van der Waals surface area (Å²) >= 11 is 1.84. The van der Waals surface area contributed by atoms with Crippen molar-refractivity contribution in [2.24, 2.45) is 0 Å². The number of nitrogens with one attached hydrogen (secondary N) is 1. The van der Waals surface area contributed by atoms with Crippen molar-refractivity contribution in [1.29, 1.82) is 0 Å². The summed E-state index contributed by atoms with van der Waals surface area (Å²) in [5.41, 5.74) is 0. The van der Waals surface area contributed by atoms with Crippen molar-refractivity contribution in [3.05, 3.63) is 16.1 Å². The lowest BCUT2D eigenvalue weighted by Gasteiger charge is -2.20. The smallest absolute Gasteiger partial charge is 0.110 e. The zero-order chi connectivity index (χ0) is 10.8. The van der Waals surface area contributed by atoms with Gasteiger partial charge in [0.05, 0.1) is 17.0 Å². The Morgan fingerprint density at radius 3 is 3.06 bits per heavy atom. The van der Waals surface area contributed by atoms with Crippen LogP contribution in [0.4, 0.5) is 0 Å². The van der Waals surface area contributed by atoms with Gasteiger partial charge in [-0.2, -0.15) is 0 Å². The zero-order valence-corrected chi connectivity index (χ0v) is 10.3. The Morgan fingerprint density at radius 1 is 1.31 bits per heavy atom. The second kappa shape index (κ2) is 4.82. The van der Waals surface area contributed by atoms with E-state index >= 15 is 0 Å². The molecule has 0 spiro atoms. The van der Waals surface area contributed by atoms with E-state index in [0.717, 1.165) is 13.2 Å². The molecule has 0 aliphatic carbocycles. The van der Waals surface area contributed by atoms with Crippen molar-refractivity contribution in [2.45, 2.75) is 44.2 Å². The molecule has 0 radical (unpaired) electrons. The van der Waals surface area contributed by atoms with Crippen LogP contribution in [0.2, 0.25) is 0 Å². The third kappa shape index (κ3) is 2.14. The molecule has 3 rings (SSSR count). The predicted octanol–water partition coefficient (Wildman–Crippen LogP) is 2.81. The molecule has 2 aliphatic rings. The van der Waals surface area contributed by atoms with Crippen LogP contribution in [0.1, 0.15) is 54.1 Å². The summed E-state index contributed by atoms with van der Waals surface area (Å²) in [6.45, 7) is 2.05. The number of nitrogens with zero attached hydrogens (tertiary/aromatic N) is 1. The Bertz CT molecular complexity index is 341. The molecule has 3 heterocycles. The highest BCUT2D eigenvalue weighted by molar-refractivity contribution is 7.11. The fourth-order valence-corrected chi connectivity index (χ4v) is 3.58. The Labute approximate surface area is 100 Å². The number of rotatable bonds is 2. The quantitative estimate of drug-likeness (QED) is 0.860. The lowest BCUT2D eigenvalue weighted by Crippen LogP contribution is -2.12. The van der Waals surface area contributed by atoms with Crippen LogP contribution >= 0.6 is 11.3 Å². The van der Waals surface area contributed by atoms with Crippen molar-refractivity contribution in [3.8, 4) is 0 Å². The van der Waals surface area contributed by atoms with Crippen LogP contribution in [0, 0.1) is 0 Å². The fraction of sp³-hybridized carbons (Fsp3) is 0.750. The Morgan fingerprint density at radius 2 is 2.31 bits per heavy atom. The van der Waals surface area contributed by atoms with Gasteiger partial charge in [-0.25, -0.2) is 4.98 Å². The van der Waals surface area contributed by atoms with Gasteiger partial charge >= 0.3 is 0 Å². The second-order valence-electron chi connectivity index (χ2n) is 4.61. The number of hydrogen-bond donors (Lipinski definition) is 1. The highest BCUT2D eigenvalue weighted by Crippen LogP contribution is 2.34. The van der Waals surface area contributed by atoms with E-state index in [1.807, 2.05) is 17.5 Å². The van der Waals surface area contributed by atoms with E-state index in [-0.39, 0.29) is 0 Å². The summed E-state index contributed by atoms with van der Waals surface area (Å²) in [6.07, 6.45) is 8.53. The van der Waals surface area contributed by atoms with Gasteiger partial charge in [0.2, 0.25) is 0 Å². The van der Waals surface area contributed by atoms with E-state index in [1.165, 1.54) is 42.0 Å². The Balaban J connectivity index is 1.71. The molecule has 0 aromatic carbocycles. The number of hydrogen-bond acceptors (Lipinski definition) is 4. The maximum atomic E-state index is 5.79. The van der Waals surface area contributed by atoms with Crippen molar-refractivity contribution in [1.82, 2.24) is 10.3 Å². The average molecular weight is 238 g/mol. The zero-order valence-electron chi connectivity index (χ0n) is 9.45. The highest BCUT2D eigenvalue weighted by atomic mass is 32.1. The molecule has 0 amide bonds. The number of aromatic nitrogens is 1. The van der Waals surface area contributed by atoms with Crippen molar-refractivity contribution < 1.29 is 4.74 Å². The molecular weight excluding hydrogens is 220 g/mol. The van der Waals surface area contributed by atoms with Gasteiger partial charge in [-0.3, -0.25) is 0 Å². The van der Waals surface area contributed by atoms with Crippen molar-refractivity contribution in [3.63, 3.8) is 0 Å². The third-order valence-electron chi connectivity index (χ3n) is 3.40. The minimum atomic E-state index is 0.321. The normalized spacial score (nSPS) is 30.8. The first kappa shape index (κ1) is 10.7. The van der Waals surface area contributed by atoms with Gasteiger partial charge in [0.15, 0.2) is 0 Å². The van der Waals surface area contributed by atoms with Crippen LogP contribution < -0.4 is 5.32 Å². The highest BCUT2D eigenvalue weighted by Gasteiger charge is 2.23. The van der Waals surface area contributed by atoms with E-state index in [9.17, 15) is 0 Å². The number of ether oxygens (including phenoxy) is 1.